The largest absolute Gasteiger partial charge is 0.358 e. The third kappa shape index (κ3) is 5.17. The maximum atomic E-state index is 13.4. The fourth-order valence-corrected chi connectivity index (χ4v) is 7.67. The summed E-state index contributed by atoms with van der Waals surface area (Å²) in [5.41, 5.74) is 5.74. The third-order valence-electron chi connectivity index (χ3n) is 8.27. The SMILES string of the molecule is CCN(CC)CCNC(=O)c1c(C)[nH]c2c1CCC/C2=C1/C(=O)Nc2ccc(S(=O)(=O)N3CCCCC3)cc21. The van der Waals surface area contributed by atoms with Crippen molar-refractivity contribution >= 4 is 38.7 Å². The van der Waals surface area contributed by atoms with Gasteiger partial charge in [-0.3, -0.25) is 9.59 Å². The first-order valence-corrected chi connectivity index (χ1v) is 15.6. The van der Waals surface area contributed by atoms with Crippen LogP contribution in [0.5, 0.6) is 0 Å². The van der Waals surface area contributed by atoms with Gasteiger partial charge in [0.2, 0.25) is 10.0 Å². The second-order valence-electron chi connectivity index (χ2n) is 10.6. The van der Waals surface area contributed by atoms with Crippen LogP contribution in [0.1, 0.15) is 78.8 Å². The molecule has 2 aliphatic heterocycles. The van der Waals surface area contributed by atoms with E-state index in [-0.39, 0.29) is 16.7 Å². The van der Waals surface area contributed by atoms with Gasteiger partial charge in [0.15, 0.2) is 0 Å². The second kappa shape index (κ2) is 11.3. The summed E-state index contributed by atoms with van der Waals surface area (Å²) >= 11 is 0. The fourth-order valence-electron chi connectivity index (χ4n) is 6.13. The highest BCUT2D eigenvalue weighted by Crippen LogP contribution is 2.44. The van der Waals surface area contributed by atoms with Gasteiger partial charge in [0.1, 0.15) is 0 Å². The average Bonchev–Trinajstić information content (AvgIpc) is 3.46. The summed E-state index contributed by atoms with van der Waals surface area (Å²) in [6.07, 6.45) is 4.98. The Labute approximate surface area is 231 Å². The smallest absolute Gasteiger partial charge is 0.256 e. The first-order chi connectivity index (χ1) is 18.8. The van der Waals surface area contributed by atoms with Crippen LogP contribution in [0.25, 0.3) is 11.1 Å². The number of allylic oxidation sites excluding steroid dienone is 1. The van der Waals surface area contributed by atoms with Crippen LogP contribution < -0.4 is 10.6 Å². The van der Waals surface area contributed by atoms with Gasteiger partial charge >= 0.3 is 0 Å². The second-order valence-corrected chi connectivity index (χ2v) is 12.5. The minimum absolute atomic E-state index is 0.102. The molecular weight excluding hydrogens is 514 g/mol. The monoisotopic (exact) mass is 553 g/mol. The minimum Gasteiger partial charge on any atom is -0.358 e. The molecule has 2 aromatic rings. The predicted molar refractivity (Wildman–Crippen MR) is 153 cm³/mol. The van der Waals surface area contributed by atoms with E-state index in [1.165, 1.54) is 0 Å². The lowest BCUT2D eigenvalue weighted by Gasteiger charge is -2.26. The molecule has 0 atom stereocenters. The first kappa shape index (κ1) is 27.6. The number of piperidine rings is 1. The molecule has 1 aromatic carbocycles. The van der Waals surface area contributed by atoms with Gasteiger partial charge in [-0.2, -0.15) is 4.31 Å². The zero-order chi connectivity index (χ0) is 27.7. The van der Waals surface area contributed by atoms with E-state index >= 15 is 0 Å². The Hall–Kier alpha value is -2.95. The lowest BCUT2D eigenvalue weighted by molar-refractivity contribution is -0.110. The van der Waals surface area contributed by atoms with Crippen molar-refractivity contribution in [2.24, 2.45) is 0 Å². The molecule has 3 heterocycles. The Bertz CT molecular complexity index is 1420. The molecule has 39 heavy (non-hydrogen) atoms. The van der Waals surface area contributed by atoms with Crippen LogP contribution in [0.2, 0.25) is 0 Å². The number of amides is 2. The fraction of sp³-hybridized carbons (Fsp3) is 0.517. The van der Waals surface area contributed by atoms with E-state index in [1.54, 1.807) is 22.5 Å². The number of carbonyl (C=O) groups excluding carboxylic acids is 2. The Kier molecular flexibility index (Phi) is 7.98. The molecule has 1 aromatic heterocycles. The van der Waals surface area contributed by atoms with Crippen LogP contribution in [-0.2, 0) is 21.2 Å². The maximum absolute atomic E-state index is 13.4. The van der Waals surface area contributed by atoms with E-state index in [1.807, 2.05) is 6.92 Å². The van der Waals surface area contributed by atoms with Crippen molar-refractivity contribution in [3.8, 4) is 0 Å². The number of rotatable bonds is 8. The zero-order valence-electron chi connectivity index (χ0n) is 23.2. The molecule has 1 aliphatic carbocycles. The summed E-state index contributed by atoms with van der Waals surface area (Å²) in [5.74, 6) is -0.340. The number of carbonyl (C=O) groups is 2. The molecule has 2 amide bonds. The molecule has 1 fully saturated rings. The van der Waals surface area contributed by atoms with E-state index in [0.717, 1.165) is 74.3 Å². The van der Waals surface area contributed by atoms with Crippen molar-refractivity contribution in [1.29, 1.82) is 0 Å². The molecule has 1 saturated heterocycles. The standard InChI is InChI=1S/C29H39N5O4S/c1-4-33(5-2)17-14-30-28(35)25-19(3)31-27-21(25)10-9-11-22(27)26-23-18-20(12-13-24(23)32-29(26)36)39(37,38)34-15-7-6-8-16-34/h12-13,18,31H,4-11,14-17H2,1-3H3,(H,30,35)(H,32,36)/b26-22-. The number of H-pyrrole nitrogens is 1. The highest BCUT2D eigenvalue weighted by molar-refractivity contribution is 7.89. The maximum Gasteiger partial charge on any atom is 0.256 e. The van der Waals surface area contributed by atoms with Crippen LogP contribution in [0.3, 0.4) is 0 Å². The van der Waals surface area contributed by atoms with Crippen LogP contribution in [0.15, 0.2) is 23.1 Å². The van der Waals surface area contributed by atoms with Crippen molar-refractivity contribution in [3.05, 3.63) is 46.3 Å². The molecule has 0 unspecified atom stereocenters. The molecule has 0 saturated carbocycles. The summed E-state index contributed by atoms with van der Waals surface area (Å²) in [6.45, 7) is 10.4. The number of hydrogen-bond donors (Lipinski definition) is 3. The Morgan fingerprint density at radius 1 is 1.08 bits per heavy atom. The summed E-state index contributed by atoms with van der Waals surface area (Å²) < 4.78 is 28.3. The Balaban J connectivity index is 1.49. The summed E-state index contributed by atoms with van der Waals surface area (Å²) in [5, 5.41) is 6.00. The number of aromatic nitrogens is 1. The number of nitrogens with one attached hydrogen (secondary N) is 3. The topological polar surface area (TPSA) is 115 Å². The third-order valence-corrected chi connectivity index (χ3v) is 10.2. The van der Waals surface area contributed by atoms with Crippen molar-refractivity contribution in [2.75, 3.05) is 44.6 Å². The van der Waals surface area contributed by atoms with E-state index < -0.39 is 10.0 Å². The van der Waals surface area contributed by atoms with Crippen LogP contribution in [0.4, 0.5) is 5.69 Å². The summed E-state index contributed by atoms with van der Waals surface area (Å²) in [6, 6.07) is 4.92. The van der Waals surface area contributed by atoms with Crippen LogP contribution in [0, 0.1) is 6.92 Å². The number of sulfonamides is 1. The number of aryl methyl sites for hydroxylation is 1. The number of aromatic amines is 1. The average molecular weight is 554 g/mol. The van der Waals surface area contributed by atoms with Crippen LogP contribution in [-0.4, -0.2) is 73.7 Å². The predicted octanol–water partition coefficient (Wildman–Crippen LogP) is 3.77. The molecule has 9 nitrogen and oxygen atoms in total. The van der Waals surface area contributed by atoms with Gasteiger partial charge < -0.3 is 20.5 Å². The van der Waals surface area contributed by atoms with Gasteiger partial charge in [-0.15, -0.1) is 0 Å². The quantitative estimate of drug-likeness (QED) is 0.431. The molecule has 3 aliphatic rings. The molecule has 0 radical (unpaired) electrons. The van der Waals surface area contributed by atoms with E-state index in [0.29, 0.717) is 48.4 Å². The van der Waals surface area contributed by atoms with Gasteiger partial charge in [0.05, 0.1) is 16.0 Å². The summed E-state index contributed by atoms with van der Waals surface area (Å²) in [7, 11) is -3.64. The molecule has 5 rings (SSSR count). The number of nitrogens with zero attached hydrogens (tertiary/aromatic N) is 2. The number of hydrogen-bond acceptors (Lipinski definition) is 5. The van der Waals surface area contributed by atoms with E-state index in [9.17, 15) is 18.0 Å². The highest BCUT2D eigenvalue weighted by Gasteiger charge is 2.35. The number of likely N-dealkylation sites (N-methyl/N-ethyl adjacent to an activating group) is 1. The van der Waals surface area contributed by atoms with Gasteiger partial charge in [-0.25, -0.2) is 8.42 Å². The van der Waals surface area contributed by atoms with Gasteiger partial charge in [0, 0.05) is 48.8 Å². The lowest BCUT2D eigenvalue weighted by atomic mass is 9.86. The molecule has 210 valence electrons. The number of benzene rings is 1. The molecular formula is C29H39N5O4S. The van der Waals surface area contributed by atoms with E-state index in [2.05, 4.69) is 34.4 Å². The van der Waals surface area contributed by atoms with Crippen molar-refractivity contribution in [1.82, 2.24) is 19.5 Å². The van der Waals surface area contributed by atoms with Gasteiger partial charge in [-0.1, -0.05) is 20.3 Å². The normalized spacial score (nSPS) is 19.6. The van der Waals surface area contributed by atoms with Gasteiger partial charge in [-0.05, 0) is 81.5 Å². The minimum atomic E-state index is -3.64. The Morgan fingerprint density at radius 3 is 2.54 bits per heavy atom. The van der Waals surface area contributed by atoms with Crippen LogP contribution >= 0.6 is 0 Å². The van der Waals surface area contributed by atoms with Crippen molar-refractivity contribution < 1.29 is 18.0 Å². The number of fused-ring (bicyclic) bond motifs is 2. The lowest BCUT2D eigenvalue weighted by Crippen LogP contribution is -2.35. The molecule has 0 spiro atoms. The van der Waals surface area contributed by atoms with Crippen molar-refractivity contribution in [2.45, 2.75) is 64.2 Å². The molecule has 10 heteroatoms. The Morgan fingerprint density at radius 2 is 1.82 bits per heavy atom. The number of anilines is 1. The van der Waals surface area contributed by atoms with E-state index in [4.69, 9.17) is 0 Å². The molecule has 3 N–H and O–H groups in total. The van der Waals surface area contributed by atoms with Gasteiger partial charge in [0.25, 0.3) is 11.8 Å². The zero-order valence-corrected chi connectivity index (χ0v) is 24.0. The highest BCUT2D eigenvalue weighted by atomic mass is 32.2. The molecule has 0 bridgehead atoms. The first-order valence-electron chi connectivity index (χ1n) is 14.2. The van der Waals surface area contributed by atoms with Crippen molar-refractivity contribution in [3.63, 3.8) is 0 Å². The summed E-state index contributed by atoms with van der Waals surface area (Å²) in [4.78, 5) is 32.4.